The lowest BCUT2D eigenvalue weighted by Crippen LogP contribution is -2.13. The molecule has 0 atom stereocenters. The fourth-order valence-corrected chi connectivity index (χ4v) is 8.03. The minimum Gasteiger partial charge on any atom is -0.294 e. The highest BCUT2D eigenvalue weighted by Crippen LogP contribution is 2.45. The molecule has 242 valence electrons. The van der Waals surface area contributed by atoms with Crippen LogP contribution in [0.15, 0.2) is 146 Å². The average Bonchev–Trinajstić information content (AvgIpc) is 3.63. The van der Waals surface area contributed by atoms with E-state index in [0.29, 0.717) is 0 Å². The number of hydrogen-bond acceptors (Lipinski definition) is 1. The van der Waals surface area contributed by atoms with E-state index in [0.717, 1.165) is 28.2 Å². The third kappa shape index (κ3) is 4.69. The molecule has 3 aromatic heterocycles. The Labute approximate surface area is 293 Å². The molecule has 9 aromatic rings. The zero-order valence-electron chi connectivity index (χ0n) is 29.2. The zero-order chi connectivity index (χ0) is 34.1. The van der Waals surface area contributed by atoms with E-state index in [2.05, 4.69) is 189 Å². The molecule has 6 aromatic carbocycles. The molecule has 9 rings (SSSR count). The zero-order valence-corrected chi connectivity index (χ0v) is 29.2. The maximum absolute atomic E-state index is 5.70. The van der Waals surface area contributed by atoms with Crippen LogP contribution >= 0.6 is 0 Å². The lowest BCUT2D eigenvalue weighted by atomic mass is 9.82. The molecule has 3 heterocycles. The van der Waals surface area contributed by atoms with Gasteiger partial charge in [-0.05, 0) is 94.6 Å². The Hall–Kier alpha value is -5.93. The van der Waals surface area contributed by atoms with Crippen molar-refractivity contribution in [2.45, 2.75) is 40.0 Å². The smallest absolute Gasteiger partial charge is 0.148 e. The van der Waals surface area contributed by atoms with Crippen molar-refractivity contribution in [3.8, 4) is 33.6 Å². The van der Waals surface area contributed by atoms with Gasteiger partial charge in [-0.2, -0.15) is 0 Å². The summed E-state index contributed by atoms with van der Waals surface area (Å²) in [5.74, 6) is 0. The predicted octanol–water partition coefficient (Wildman–Crippen LogP) is 12.5. The maximum atomic E-state index is 5.70. The fourth-order valence-electron chi connectivity index (χ4n) is 8.03. The Kier molecular flexibility index (Phi) is 6.82. The fraction of sp³-hybridized carbons (Fsp3) is 0.128. The van der Waals surface area contributed by atoms with Gasteiger partial charge in [0, 0.05) is 32.9 Å². The van der Waals surface area contributed by atoms with Crippen molar-refractivity contribution in [1.82, 2.24) is 14.1 Å². The van der Waals surface area contributed by atoms with Gasteiger partial charge in [0.1, 0.15) is 11.3 Å². The molecule has 0 N–H and O–H groups in total. The van der Waals surface area contributed by atoms with E-state index < -0.39 is 0 Å². The van der Waals surface area contributed by atoms with E-state index in [9.17, 15) is 0 Å². The molecule has 0 spiro atoms. The average molecular weight is 646 g/mol. The summed E-state index contributed by atoms with van der Waals surface area (Å²) in [6, 6.07) is 52.8. The maximum Gasteiger partial charge on any atom is 0.148 e. The van der Waals surface area contributed by atoms with Crippen LogP contribution in [-0.4, -0.2) is 14.1 Å². The largest absolute Gasteiger partial charge is 0.294 e. The topological polar surface area (TPSA) is 22.8 Å². The Morgan fingerprint density at radius 2 is 1.04 bits per heavy atom. The van der Waals surface area contributed by atoms with Gasteiger partial charge in [-0.3, -0.25) is 9.13 Å². The van der Waals surface area contributed by atoms with Gasteiger partial charge >= 0.3 is 0 Å². The van der Waals surface area contributed by atoms with Gasteiger partial charge in [-0.1, -0.05) is 130 Å². The molecule has 0 saturated carbocycles. The van der Waals surface area contributed by atoms with Gasteiger partial charge in [0.25, 0.3) is 0 Å². The van der Waals surface area contributed by atoms with Crippen LogP contribution < -0.4 is 0 Å². The first-order valence-electron chi connectivity index (χ1n) is 17.5. The predicted molar refractivity (Wildman–Crippen MR) is 212 cm³/mol. The summed E-state index contributed by atoms with van der Waals surface area (Å²) in [6.07, 6.45) is 0. The van der Waals surface area contributed by atoms with E-state index in [1.165, 1.54) is 66.0 Å². The van der Waals surface area contributed by atoms with E-state index in [-0.39, 0.29) is 5.41 Å². The van der Waals surface area contributed by atoms with Crippen LogP contribution in [0.5, 0.6) is 0 Å². The Bertz CT molecular complexity index is 2750. The molecule has 0 unspecified atom stereocenters. The van der Waals surface area contributed by atoms with Gasteiger partial charge in [-0.25, -0.2) is 4.98 Å². The lowest BCUT2D eigenvalue weighted by molar-refractivity contribution is 0.601. The molecular formula is C47H39N3. The summed E-state index contributed by atoms with van der Waals surface area (Å²) in [5.41, 5.74) is 15.1. The molecule has 3 heteroatoms. The molecule has 0 radical (unpaired) electrons. The first kappa shape index (κ1) is 30.2. The SMILES string of the molecule is Cc1cccc(-n2c3ccccc3c3c(C(C)(C)C)c4c5ccccc5n(-c5cccc(-c6ccc(-c7ccccc7)cc6C)c5)c4nc32)c1. The number of fused-ring (bicyclic) bond motifs is 6. The normalized spacial score (nSPS) is 12.1. The first-order valence-corrected chi connectivity index (χ1v) is 17.5. The summed E-state index contributed by atoms with van der Waals surface area (Å²) in [6.45, 7) is 11.4. The highest BCUT2D eigenvalue weighted by atomic mass is 15.1. The Balaban J connectivity index is 1.36. The number of hydrogen-bond donors (Lipinski definition) is 0. The molecule has 0 aliphatic heterocycles. The van der Waals surface area contributed by atoms with Crippen molar-refractivity contribution in [3.05, 3.63) is 162 Å². The van der Waals surface area contributed by atoms with Crippen LogP contribution in [-0.2, 0) is 5.41 Å². The van der Waals surface area contributed by atoms with E-state index in [4.69, 9.17) is 4.98 Å². The minimum absolute atomic E-state index is 0.157. The molecule has 50 heavy (non-hydrogen) atoms. The van der Waals surface area contributed by atoms with Crippen molar-refractivity contribution >= 4 is 43.9 Å². The third-order valence-corrected chi connectivity index (χ3v) is 10.2. The summed E-state index contributed by atoms with van der Waals surface area (Å²) < 4.78 is 4.75. The molecular weight excluding hydrogens is 607 g/mol. The van der Waals surface area contributed by atoms with Gasteiger partial charge in [-0.15, -0.1) is 0 Å². The molecule has 0 saturated heterocycles. The second-order valence-corrected chi connectivity index (χ2v) is 14.6. The quantitative estimate of drug-likeness (QED) is 0.187. The second kappa shape index (κ2) is 11.3. The van der Waals surface area contributed by atoms with E-state index in [1.54, 1.807) is 0 Å². The molecule has 0 amide bonds. The minimum atomic E-state index is -0.157. The Morgan fingerprint density at radius 3 is 1.64 bits per heavy atom. The highest BCUT2D eigenvalue weighted by molar-refractivity contribution is 6.20. The van der Waals surface area contributed by atoms with Crippen molar-refractivity contribution in [1.29, 1.82) is 0 Å². The van der Waals surface area contributed by atoms with E-state index in [1.807, 2.05) is 0 Å². The summed E-state index contributed by atoms with van der Waals surface area (Å²) in [4.78, 5) is 5.70. The van der Waals surface area contributed by atoms with Crippen LogP contribution in [0.1, 0.15) is 37.5 Å². The lowest BCUT2D eigenvalue weighted by Gasteiger charge is -2.22. The van der Waals surface area contributed by atoms with E-state index >= 15 is 0 Å². The number of rotatable bonds is 4. The van der Waals surface area contributed by atoms with Crippen LogP contribution in [0.4, 0.5) is 0 Å². The highest BCUT2D eigenvalue weighted by Gasteiger charge is 2.29. The monoisotopic (exact) mass is 645 g/mol. The Morgan fingerprint density at radius 1 is 0.480 bits per heavy atom. The van der Waals surface area contributed by atoms with Crippen LogP contribution in [0.2, 0.25) is 0 Å². The van der Waals surface area contributed by atoms with Crippen molar-refractivity contribution in [2.75, 3.05) is 0 Å². The van der Waals surface area contributed by atoms with Crippen LogP contribution in [0.25, 0.3) is 77.5 Å². The summed E-state index contributed by atoms with van der Waals surface area (Å²) >= 11 is 0. The number of aromatic nitrogens is 3. The van der Waals surface area contributed by atoms with Gasteiger partial charge in [0.2, 0.25) is 0 Å². The van der Waals surface area contributed by atoms with Crippen LogP contribution in [0, 0.1) is 13.8 Å². The molecule has 0 aliphatic rings. The van der Waals surface area contributed by atoms with Gasteiger partial charge < -0.3 is 0 Å². The standard InChI is InChI=1S/C47H39N3/c1-30-15-13-19-35(27-30)49-40-23-11-9-21-38(40)42-44(47(3,4)5)43-39-22-10-12-24-41(39)50(46(43)48-45(42)49)36-20-14-18-34(29-36)37-26-25-33(28-31(37)2)32-16-7-6-8-17-32/h6-29H,1-5H3. The molecule has 0 bridgehead atoms. The third-order valence-electron chi connectivity index (χ3n) is 10.2. The van der Waals surface area contributed by atoms with Crippen molar-refractivity contribution in [2.24, 2.45) is 0 Å². The summed E-state index contributed by atoms with van der Waals surface area (Å²) in [7, 11) is 0. The van der Waals surface area contributed by atoms with Crippen molar-refractivity contribution in [3.63, 3.8) is 0 Å². The van der Waals surface area contributed by atoms with Crippen molar-refractivity contribution < 1.29 is 0 Å². The molecule has 0 aliphatic carbocycles. The number of aryl methyl sites for hydroxylation is 2. The second-order valence-electron chi connectivity index (χ2n) is 14.6. The van der Waals surface area contributed by atoms with Gasteiger partial charge in [0.05, 0.1) is 11.0 Å². The first-order chi connectivity index (χ1) is 24.3. The number of para-hydroxylation sites is 2. The number of benzene rings is 6. The molecule has 0 fully saturated rings. The van der Waals surface area contributed by atoms with Gasteiger partial charge in [0.15, 0.2) is 0 Å². The van der Waals surface area contributed by atoms with Crippen LogP contribution in [0.3, 0.4) is 0 Å². The number of pyridine rings is 1. The molecule has 3 nitrogen and oxygen atoms in total. The number of nitrogens with zero attached hydrogens (tertiary/aromatic N) is 3. The summed E-state index contributed by atoms with van der Waals surface area (Å²) in [5, 5.41) is 4.91.